The van der Waals surface area contributed by atoms with Crippen LogP contribution in [0.2, 0.25) is 0 Å². The van der Waals surface area contributed by atoms with Crippen LogP contribution in [0.25, 0.3) is 10.9 Å². The highest BCUT2D eigenvalue weighted by Gasteiger charge is 2.26. The average molecular weight is 328 g/mol. The number of aromatic nitrogens is 1. The van der Waals surface area contributed by atoms with E-state index in [1.54, 1.807) is 13.8 Å². The lowest BCUT2D eigenvalue weighted by Gasteiger charge is -2.23. The quantitative estimate of drug-likeness (QED) is 0.788. The minimum absolute atomic E-state index is 0.140. The Morgan fingerprint density at radius 3 is 2.62 bits per heavy atom. The summed E-state index contributed by atoms with van der Waals surface area (Å²) in [6.45, 7) is 5.77. The van der Waals surface area contributed by atoms with Gasteiger partial charge in [-0.3, -0.25) is 0 Å². The summed E-state index contributed by atoms with van der Waals surface area (Å²) in [6, 6.07) is 9.61. The Hall–Kier alpha value is -1.33. The van der Waals surface area contributed by atoms with Crippen molar-refractivity contribution in [3.05, 3.63) is 36.0 Å². The van der Waals surface area contributed by atoms with Gasteiger partial charge >= 0.3 is 0 Å². The second kappa shape index (κ2) is 5.81. The summed E-state index contributed by atoms with van der Waals surface area (Å²) in [5, 5.41) is 0.987. The number of halogens is 1. The molecule has 1 heterocycles. The first kappa shape index (κ1) is 16.0. The van der Waals surface area contributed by atoms with Crippen LogP contribution in [0.1, 0.15) is 19.5 Å². The zero-order valence-corrected chi connectivity index (χ0v) is 13.8. The number of hydrogen-bond acceptors (Lipinski definition) is 4. The van der Waals surface area contributed by atoms with Crippen molar-refractivity contribution in [2.75, 3.05) is 12.4 Å². The SMILES string of the molecule is Cc1ccc2cccc(OCC(C)(C)CS(=O)(=O)Cl)c2n1. The van der Waals surface area contributed by atoms with Gasteiger partial charge in [0.25, 0.3) is 0 Å². The van der Waals surface area contributed by atoms with Crippen molar-refractivity contribution in [2.24, 2.45) is 5.41 Å². The van der Waals surface area contributed by atoms with Gasteiger partial charge in [0.15, 0.2) is 0 Å². The summed E-state index contributed by atoms with van der Waals surface area (Å²) in [7, 11) is 1.76. The van der Waals surface area contributed by atoms with Crippen LogP contribution in [0.5, 0.6) is 5.75 Å². The molecule has 0 amide bonds. The highest BCUT2D eigenvalue weighted by atomic mass is 35.7. The normalized spacial score (nSPS) is 12.6. The van der Waals surface area contributed by atoms with E-state index in [1.165, 1.54) is 0 Å². The molecule has 1 aromatic heterocycles. The molecule has 0 N–H and O–H groups in total. The van der Waals surface area contributed by atoms with Crippen molar-refractivity contribution >= 4 is 30.6 Å². The summed E-state index contributed by atoms with van der Waals surface area (Å²) in [5.74, 6) is 0.509. The maximum absolute atomic E-state index is 11.2. The van der Waals surface area contributed by atoms with Crippen molar-refractivity contribution in [3.8, 4) is 5.75 Å². The molecule has 4 nitrogen and oxygen atoms in total. The van der Waals surface area contributed by atoms with Gasteiger partial charge < -0.3 is 4.74 Å². The molecule has 0 fully saturated rings. The van der Waals surface area contributed by atoms with Crippen LogP contribution in [0.3, 0.4) is 0 Å². The fraction of sp³-hybridized carbons (Fsp3) is 0.400. The summed E-state index contributed by atoms with van der Waals surface area (Å²) in [4.78, 5) is 4.48. The Bertz CT molecular complexity index is 757. The molecule has 0 aliphatic heterocycles. The highest BCUT2D eigenvalue weighted by molar-refractivity contribution is 8.13. The fourth-order valence-corrected chi connectivity index (χ4v) is 4.02. The molecule has 0 unspecified atom stereocenters. The van der Waals surface area contributed by atoms with Gasteiger partial charge in [0.2, 0.25) is 9.05 Å². The summed E-state index contributed by atoms with van der Waals surface area (Å²) >= 11 is 0. The maximum Gasteiger partial charge on any atom is 0.233 e. The third-order valence-corrected chi connectivity index (χ3v) is 4.46. The maximum atomic E-state index is 11.2. The molecule has 114 valence electrons. The molecular weight excluding hydrogens is 310 g/mol. The van der Waals surface area contributed by atoms with E-state index >= 15 is 0 Å². The van der Waals surface area contributed by atoms with Crippen LogP contribution in [0.15, 0.2) is 30.3 Å². The molecule has 0 radical (unpaired) electrons. The number of aryl methyl sites for hydroxylation is 1. The Kier molecular flexibility index (Phi) is 4.44. The number of hydrogen-bond donors (Lipinski definition) is 0. The monoisotopic (exact) mass is 327 g/mol. The number of nitrogens with zero attached hydrogens (tertiary/aromatic N) is 1. The van der Waals surface area contributed by atoms with E-state index < -0.39 is 14.5 Å². The predicted octanol–water partition coefficient (Wildman–Crippen LogP) is 3.52. The largest absolute Gasteiger partial charge is 0.491 e. The molecule has 1 aromatic carbocycles. The summed E-state index contributed by atoms with van der Waals surface area (Å²) in [5.41, 5.74) is 1.11. The molecule has 0 spiro atoms. The fourth-order valence-electron chi connectivity index (χ4n) is 2.12. The molecule has 2 rings (SSSR count). The molecule has 2 aromatic rings. The smallest absolute Gasteiger partial charge is 0.233 e. The van der Waals surface area contributed by atoms with Crippen molar-refractivity contribution in [2.45, 2.75) is 20.8 Å². The van der Waals surface area contributed by atoms with Gasteiger partial charge in [-0.05, 0) is 19.1 Å². The Balaban J connectivity index is 2.22. The first-order valence-electron chi connectivity index (χ1n) is 6.58. The third-order valence-electron chi connectivity index (χ3n) is 3.00. The van der Waals surface area contributed by atoms with E-state index in [1.807, 2.05) is 37.3 Å². The second-order valence-corrected chi connectivity index (χ2v) is 8.69. The minimum Gasteiger partial charge on any atom is -0.491 e. The number of para-hydroxylation sites is 1. The van der Waals surface area contributed by atoms with Gasteiger partial charge in [0, 0.05) is 27.2 Å². The van der Waals surface area contributed by atoms with Crippen LogP contribution >= 0.6 is 10.7 Å². The second-order valence-electron chi connectivity index (χ2n) is 5.92. The third kappa shape index (κ3) is 4.58. The minimum atomic E-state index is -3.56. The summed E-state index contributed by atoms with van der Waals surface area (Å²) in [6.07, 6.45) is 0. The standard InChI is InChI=1S/C15H18ClNO3S/c1-11-7-8-12-5-4-6-13(14(12)17-11)20-9-15(2,3)10-21(16,18)19/h4-8H,9-10H2,1-3H3. The number of ether oxygens (including phenoxy) is 1. The Labute approximate surface area is 129 Å². The van der Waals surface area contributed by atoms with E-state index in [2.05, 4.69) is 4.98 Å². The first-order chi connectivity index (χ1) is 9.66. The van der Waals surface area contributed by atoms with Gasteiger partial charge in [-0.25, -0.2) is 13.4 Å². The van der Waals surface area contributed by atoms with Crippen molar-refractivity contribution in [1.29, 1.82) is 0 Å². The average Bonchev–Trinajstić information content (AvgIpc) is 2.33. The van der Waals surface area contributed by atoms with Crippen LogP contribution in [0, 0.1) is 12.3 Å². The van der Waals surface area contributed by atoms with E-state index in [0.717, 1.165) is 16.6 Å². The molecule has 0 saturated carbocycles. The zero-order chi connectivity index (χ0) is 15.7. The van der Waals surface area contributed by atoms with Crippen molar-refractivity contribution < 1.29 is 13.2 Å². The van der Waals surface area contributed by atoms with E-state index in [9.17, 15) is 8.42 Å². The molecule has 21 heavy (non-hydrogen) atoms. The predicted molar refractivity (Wildman–Crippen MR) is 85.4 cm³/mol. The Morgan fingerprint density at radius 2 is 1.95 bits per heavy atom. The number of pyridine rings is 1. The van der Waals surface area contributed by atoms with Gasteiger partial charge in [0.05, 0.1) is 12.4 Å². The number of rotatable bonds is 5. The van der Waals surface area contributed by atoms with Crippen LogP contribution in [-0.4, -0.2) is 25.8 Å². The molecule has 0 aliphatic rings. The first-order valence-corrected chi connectivity index (χ1v) is 9.06. The van der Waals surface area contributed by atoms with E-state index in [0.29, 0.717) is 5.75 Å². The van der Waals surface area contributed by atoms with Gasteiger partial charge in [-0.2, -0.15) is 0 Å². The van der Waals surface area contributed by atoms with Gasteiger partial charge in [-0.15, -0.1) is 0 Å². The lowest BCUT2D eigenvalue weighted by atomic mass is 9.98. The van der Waals surface area contributed by atoms with E-state index in [4.69, 9.17) is 15.4 Å². The van der Waals surface area contributed by atoms with Crippen molar-refractivity contribution in [3.63, 3.8) is 0 Å². The topological polar surface area (TPSA) is 56.3 Å². The van der Waals surface area contributed by atoms with E-state index in [-0.39, 0.29) is 12.4 Å². The molecule has 6 heteroatoms. The molecular formula is C15H18ClNO3S. The lowest BCUT2D eigenvalue weighted by Crippen LogP contribution is -2.28. The van der Waals surface area contributed by atoms with Crippen LogP contribution in [-0.2, 0) is 9.05 Å². The summed E-state index contributed by atoms with van der Waals surface area (Å²) < 4.78 is 28.2. The number of fused-ring (bicyclic) bond motifs is 1. The van der Waals surface area contributed by atoms with Crippen LogP contribution in [0.4, 0.5) is 0 Å². The molecule has 0 saturated heterocycles. The van der Waals surface area contributed by atoms with Gasteiger partial charge in [-0.1, -0.05) is 32.0 Å². The lowest BCUT2D eigenvalue weighted by molar-refractivity contribution is 0.202. The molecule has 0 bridgehead atoms. The molecule has 0 aliphatic carbocycles. The zero-order valence-electron chi connectivity index (χ0n) is 12.3. The highest BCUT2D eigenvalue weighted by Crippen LogP contribution is 2.27. The number of benzene rings is 1. The van der Waals surface area contributed by atoms with Crippen LogP contribution < -0.4 is 4.74 Å². The van der Waals surface area contributed by atoms with Gasteiger partial charge in [0.1, 0.15) is 11.3 Å². The molecule has 0 atom stereocenters. The van der Waals surface area contributed by atoms with Crippen molar-refractivity contribution in [1.82, 2.24) is 4.98 Å². The Morgan fingerprint density at radius 1 is 1.24 bits per heavy atom.